The summed E-state index contributed by atoms with van der Waals surface area (Å²) in [5.74, 6) is 0.339. The van der Waals surface area contributed by atoms with Crippen LogP contribution in [0.5, 0.6) is 0 Å². The molecule has 0 radical (unpaired) electrons. The van der Waals surface area contributed by atoms with Crippen LogP contribution in [0.3, 0.4) is 0 Å². The van der Waals surface area contributed by atoms with Crippen LogP contribution in [0.1, 0.15) is 31.7 Å². The lowest BCUT2D eigenvalue weighted by Crippen LogP contribution is -2.19. The maximum Gasteiger partial charge on any atom is 0.248 e. The molecule has 1 aromatic carbocycles. The Morgan fingerprint density at radius 2 is 2.12 bits per heavy atom. The van der Waals surface area contributed by atoms with Crippen LogP contribution in [0.15, 0.2) is 36.0 Å². The van der Waals surface area contributed by atoms with Crippen molar-refractivity contribution in [3.63, 3.8) is 0 Å². The summed E-state index contributed by atoms with van der Waals surface area (Å²) < 4.78 is 1.36. The quantitative estimate of drug-likeness (QED) is 0.744. The molecular weight excluding hydrogens is 324 g/mol. The number of hydrogen-bond acceptors (Lipinski definition) is 6. The lowest BCUT2D eigenvalue weighted by atomic mass is 9.97. The first kappa shape index (κ1) is 16.3. The number of tetrazole rings is 1. The van der Waals surface area contributed by atoms with Crippen LogP contribution in [0.25, 0.3) is 11.3 Å². The molecule has 3 aromatic rings. The smallest absolute Gasteiger partial charge is 0.248 e. The van der Waals surface area contributed by atoms with Gasteiger partial charge in [-0.15, -0.1) is 16.4 Å². The molecule has 1 N–H and O–H groups in total. The van der Waals surface area contributed by atoms with Gasteiger partial charge in [-0.3, -0.25) is 4.79 Å². The van der Waals surface area contributed by atoms with Gasteiger partial charge < -0.3 is 5.32 Å². The maximum atomic E-state index is 11.9. The van der Waals surface area contributed by atoms with Gasteiger partial charge in [0.2, 0.25) is 5.91 Å². The summed E-state index contributed by atoms with van der Waals surface area (Å²) in [6.07, 6.45) is 2.51. The standard InChI is InChI=1S/C16H18N6OS/c1-3-11(2)12-4-6-13(7-5-12)14-9-24-16(18-14)19-15(23)8-22-10-17-20-21-22/h4-7,9-11H,3,8H2,1-2H3,(H,18,19,23)/t11-/m1/s1. The summed E-state index contributed by atoms with van der Waals surface area (Å²) in [5.41, 5.74) is 3.22. The molecular formula is C16H18N6OS. The van der Waals surface area contributed by atoms with Gasteiger partial charge in [-0.25, -0.2) is 9.67 Å². The highest BCUT2D eigenvalue weighted by Crippen LogP contribution is 2.27. The Hall–Kier alpha value is -2.61. The van der Waals surface area contributed by atoms with Crippen LogP contribution in [0.4, 0.5) is 5.13 Å². The van der Waals surface area contributed by atoms with E-state index >= 15 is 0 Å². The number of anilines is 1. The van der Waals surface area contributed by atoms with Gasteiger partial charge in [0.25, 0.3) is 0 Å². The lowest BCUT2D eigenvalue weighted by Gasteiger charge is -2.08. The van der Waals surface area contributed by atoms with Crippen molar-refractivity contribution in [3.8, 4) is 11.3 Å². The van der Waals surface area contributed by atoms with E-state index in [1.54, 1.807) is 0 Å². The summed E-state index contributed by atoms with van der Waals surface area (Å²) in [5, 5.41) is 15.9. The van der Waals surface area contributed by atoms with Gasteiger partial charge in [0.1, 0.15) is 12.9 Å². The molecule has 0 saturated heterocycles. The number of carbonyl (C=O) groups excluding carboxylic acids is 1. The van der Waals surface area contributed by atoms with Crippen LogP contribution < -0.4 is 5.32 Å². The molecule has 0 fully saturated rings. The minimum absolute atomic E-state index is 0.0610. The third kappa shape index (κ3) is 3.83. The molecule has 0 unspecified atom stereocenters. The van der Waals surface area contributed by atoms with Gasteiger partial charge in [-0.2, -0.15) is 0 Å². The van der Waals surface area contributed by atoms with Gasteiger partial charge >= 0.3 is 0 Å². The number of hydrogen-bond donors (Lipinski definition) is 1. The van der Waals surface area contributed by atoms with E-state index in [1.165, 1.54) is 27.9 Å². The average molecular weight is 342 g/mol. The highest BCUT2D eigenvalue weighted by Gasteiger charge is 2.10. The van der Waals surface area contributed by atoms with E-state index in [0.29, 0.717) is 11.0 Å². The molecule has 0 aliphatic heterocycles. The van der Waals surface area contributed by atoms with E-state index in [1.807, 2.05) is 5.38 Å². The second-order valence-corrected chi connectivity index (χ2v) is 6.38. The first-order chi connectivity index (χ1) is 11.7. The first-order valence-corrected chi connectivity index (χ1v) is 8.60. The normalized spacial score (nSPS) is 12.1. The minimum atomic E-state index is -0.213. The van der Waals surface area contributed by atoms with Gasteiger partial charge in [0.05, 0.1) is 5.69 Å². The molecule has 0 spiro atoms. The predicted molar refractivity (Wildman–Crippen MR) is 92.7 cm³/mol. The van der Waals surface area contributed by atoms with Crippen LogP contribution in [-0.2, 0) is 11.3 Å². The summed E-state index contributed by atoms with van der Waals surface area (Å²) in [6, 6.07) is 8.42. The molecule has 3 rings (SSSR count). The summed E-state index contributed by atoms with van der Waals surface area (Å²) in [6.45, 7) is 4.46. The highest BCUT2D eigenvalue weighted by atomic mass is 32.1. The molecule has 124 valence electrons. The van der Waals surface area contributed by atoms with E-state index < -0.39 is 0 Å². The van der Waals surface area contributed by atoms with Crippen molar-refractivity contribution in [1.82, 2.24) is 25.2 Å². The molecule has 0 aliphatic carbocycles. The zero-order valence-electron chi connectivity index (χ0n) is 13.5. The Balaban J connectivity index is 1.65. The third-order valence-electron chi connectivity index (χ3n) is 3.84. The zero-order chi connectivity index (χ0) is 16.9. The van der Waals surface area contributed by atoms with E-state index in [9.17, 15) is 4.79 Å². The Morgan fingerprint density at radius 3 is 2.79 bits per heavy atom. The fourth-order valence-corrected chi connectivity index (χ4v) is 2.98. The number of rotatable bonds is 6. The van der Waals surface area contributed by atoms with Crippen molar-refractivity contribution in [3.05, 3.63) is 41.5 Å². The Kier molecular flexibility index (Phi) is 4.95. The third-order valence-corrected chi connectivity index (χ3v) is 4.59. The van der Waals surface area contributed by atoms with Gasteiger partial charge in [-0.1, -0.05) is 38.1 Å². The van der Waals surface area contributed by atoms with Crippen molar-refractivity contribution >= 4 is 22.4 Å². The predicted octanol–water partition coefficient (Wildman–Crippen LogP) is 2.95. The number of carbonyl (C=O) groups is 1. The number of aromatic nitrogens is 5. The van der Waals surface area contributed by atoms with Crippen molar-refractivity contribution in [2.24, 2.45) is 0 Å². The molecule has 2 aromatic heterocycles. The van der Waals surface area contributed by atoms with Crippen molar-refractivity contribution < 1.29 is 4.79 Å². The molecule has 1 amide bonds. The molecule has 7 nitrogen and oxygen atoms in total. The van der Waals surface area contributed by atoms with E-state index in [-0.39, 0.29) is 12.5 Å². The zero-order valence-corrected chi connectivity index (χ0v) is 14.3. The topological polar surface area (TPSA) is 85.6 Å². The number of benzene rings is 1. The Labute approximate surface area is 143 Å². The van der Waals surface area contributed by atoms with E-state index in [0.717, 1.165) is 17.7 Å². The van der Waals surface area contributed by atoms with E-state index in [2.05, 4.69) is 63.9 Å². The summed E-state index contributed by atoms with van der Waals surface area (Å²) in [7, 11) is 0. The number of thiazole rings is 1. The molecule has 1 atom stereocenters. The van der Waals surface area contributed by atoms with Gasteiger partial charge in [0, 0.05) is 10.9 Å². The SMILES string of the molecule is CC[C@@H](C)c1ccc(-c2csc(NC(=O)Cn3cnnn3)n2)cc1. The summed E-state index contributed by atoms with van der Waals surface area (Å²) >= 11 is 1.40. The molecule has 0 aliphatic rings. The molecule has 0 saturated carbocycles. The second-order valence-electron chi connectivity index (χ2n) is 5.52. The van der Waals surface area contributed by atoms with E-state index in [4.69, 9.17) is 0 Å². The average Bonchev–Trinajstić information content (AvgIpc) is 3.26. The fraction of sp³-hybridized carbons (Fsp3) is 0.312. The van der Waals surface area contributed by atoms with Crippen LogP contribution in [-0.4, -0.2) is 31.1 Å². The molecule has 8 heteroatoms. The highest BCUT2D eigenvalue weighted by molar-refractivity contribution is 7.14. The fourth-order valence-electron chi connectivity index (χ4n) is 2.24. The van der Waals surface area contributed by atoms with Crippen molar-refractivity contribution in [1.29, 1.82) is 0 Å². The number of amides is 1. The Morgan fingerprint density at radius 1 is 1.33 bits per heavy atom. The largest absolute Gasteiger partial charge is 0.300 e. The Bertz CT molecular complexity index is 796. The van der Waals surface area contributed by atoms with Crippen LogP contribution >= 0.6 is 11.3 Å². The molecule has 0 bridgehead atoms. The first-order valence-electron chi connectivity index (χ1n) is 7.72. The lowest BCUT2D eigenvalue weighted by molar-refractivity contribution is -0.116. The second kappa shape index (κ2) is 7.31. The molecule has 2 heterocycles. The van der Waals surface area contributed by atoms with Gasteiger partial charge in [-0.05, 0) is 28.3 Å². The van der Waals surface area contributed by atoms with Crippen LogP contribution in [0.2, 0.25) is 0 Å². The van der Waals surface area contributed by atoms with Crippen molar-refractivity contribution in [2.75, 3.05) is 5.32 Å². The monoisotopic (exact) mass is 342 g/mol. The molecule has 24 heavy (non-hydrogen) atoms. The minimum Gasteiger partial charge on any atom is -0.300 e. The maximum absolute atomic E-state index is 11.9. The van der Waals surface area contributed by atoms with Crippen LogP contribution in [0, 0.1) is 0 Å². The van der Waals surface area contributed by atoms with Crippen molar-refractivity contribution in [2.45, 2.75) is 32.7 Å². The number of nitrogens with one attached hydrogen (secondary N) is 1. The van der Waals surface area contributed by atoms with Gasteiger partial charge in [0.15, 0.2) is 5.13 Å². The number of nitrogens with zero attached hydrogens (tertiary/aromatic N) is 5. The summed E-state index contributed by atoms with van der Waals surface area (Å²) in [4.78, 5) is 16.4.